The van der Waals surface area contributed by atoms with Crippen LogP contribution in [-0.2, 0) is 0 Å². The molecule has 4 rings (SSSR count). The van der Waals surface area contributed by atoms with Gasteiger partial charge in [0.25, 0.3) is 0 Å². The largest absolute Gasteiger partial charge is 0.382 e. The monoisotopic (exact) mass is 677 g/mol. The van der Waals surface area contributed by atoms with Gasteiger partial charge in [0.15, 0.2) is 29.8 Å². The van der Waals surface area contributed by atoms with Crippen LogP contribution in [0.5, 0.6) is 0 Å². The van der Waals surface area contributed by atoms with Crippen LogP contribution in [0, 0.1) is 0 Å². The predicted octanol–water partition coefficient (Wildman–Crippen LogP) is 5.27. The van der Waals surface area contributed by atoms with E-state index in [1.807, 2.05) is 0 Å². The van der Waals surface area contributed by atoms with Crippen molar-refractivity contribution in [2.75, 3.05) is 6.54 Å². The fourth-order valence-electron chi connectivity index (χ4n) is 6.01. The third-order valence-electron chi connectivity index (χ3n) is 9.01. The highest BCUT2D eigenvalue weighted by molar-refractivity contribution is 7.02. The number of hydrogen-bond donors (Lipinski definition) is 3. The van der Waals surface area contributed by atoms with Crippen LogP contribution >= 0.6 is 0 Å². The van der Waals surface area contributed by atoms with Gasteiger partial charge >= 0.3 is 0 Å². The molecule has 0 saturated carbocycles. The molecule has 0 amide bonds. The minimum Gasteiger partial charge on any atom is -0.382 e. The minimum atomic E-state index is -1.89. The number of aliphatic imine (C=N–C) groups is 1. The van der Waals surface area contributed by atoms with Crippen LogP contribution in [0.1, 0.15) is 13.3 Å². The third kappa shape index (κ3) is 9.75. The Morgan fingerprint density at radius 3 is 1.43 bits per heavy atom. The lowest BCUT2D eigenvalue weighted by Crippen LogP contribution is -2.56. The Morgan fingerprint density at radius 2 is 1.04 bits per heavy atom. The van der Waals surface area contributed by atoms with Gasteiger partial charge < -0.3 is 10.7 Å². The van der Waals surface area contributed by atoms with Crippen molar-refractivity contribution in [2.45, 2.75) is 63.7 Å². The summed E-state index contributed by atoms with van der Waals surface area (Å²) in [5.74, 6) is 1.24. The van der Waals surface area contributed by atoms with Crippen LogP contribution in [-0.4, -0.2) is 52.5 Å². The Labute approximate surface area is 282 Å². The van der Waals surface area contributed by atoms with E-state index in [4.69, 9.17) is 15.4 Å². The van der Waals surface area contributed by atoms with Gasteiger partial charge in [-0.3, -0.25) is 15.0 Å². The average molecular weight is 678 g/mol. The maximum atomic E-state index is 6.55. The van der Waals surface area contributed by atoms with Gasteiger partial charge in [-0.05, 0) is 18.5 Å². The summed E-state index contributed by atoms with van der Waals surface area (Å²) in [7, 11) is -5.76. The molecule has 5 nitrogen and oxygen atoms in total. The topological polar surface area (TPSA) is 74.8 Å². The summed E-state index contributed by atoms with van der Waals surface area (Å²) < 4.78 is 4.99. The highest BCUT2D eigenvalue weighted by Gasteiger charge is 2.33. The van der Waals surface area contributed by atoms with Gasteiger partial charge in [0.05, 0.1) is 0 Å². The smallest absolute Gasteiger partial charge is 0.197 e. The molecule has 0 aliphatic rings. The van der Waals surface area contributed by atoms with E-state index in [-0.39, 0.29) is 0 Å². The summed E-state index contributed by atoms with van der Waals surface area (Å²) in [6.45, 7) is 12.5. The van der Waals surface area contributed by atoms with E-state index in [0.717, 1.165) is 37.1 Å². The van der Waals surface area contributed by atoms with Gasteiger partial charge in [-0.2, -0.15) is 0 Å². The fourth-order valence-corrected chi connectivity index (χ4v) is 19.7. The normalized spacial score (nSPS) is 12.8. The number of guanidine groups is 2. The van der Waals surface area contributed by atoms with Crippen molar-refractivity contribution in [1.29, 1.82) is 0 Å². The van der Waals surface area contributed by atoms with Gasteiger partial charge in [-0.25, -0.2) is 0 Å². The molecule has 0 unspecified atom stereocenters. The molecule has 0 atom stereocenters. The Hall–Kier alpha value is -3.51. The van der Waals surface area contributed by atoms with Gasteiger partial charge in [0.2, 0.25) is 0 Å². The van der Waals surface area contributed by atoms with E-state index in [1.54, 1.807) is 0 Å². The number of benzene rings is 4. The Kier molecular flexibility index (Phi) is 13.4. The van der Waals surface area contributed by atoms with E-state index in [1.165, 1.54) is 26.8 Å². The summed E-state index contributed by atoms with van der Waals surface area (Å²) in [5.41, 5.74) is 6.55. The first-order valence-corrected chi connectivity index (χ1v) is 26.3. The van der Waals surface area contributed by atoms with Crippen LogP contribution < -0.4 is 36.8 Å². The van der Waals surface area contributed by atoms with Crippen LogP contribution in [0.2, 0.25) is 50.4 Å². The van der Waals surface area contributed by atoms with E-state index in [0.29, 0.717) is 5.96 Å². The first kappa shape index (κ1) is 35.3. The van der Waals surface area contributed by atoms with Gasteiger partial charge in [0, 0.05) is 6.54 Å². The van der Waals surface area contributed by atoms with E-state index in [2.05, 4.69) is 165 Å². The lowest BCUT2D eigenvalue weighted by Gasteiger charge is -2.30. The molecular weight excluding hydrogens is 627 g/mol. The molecule has 0 saturated heterocycles. The summed E-state index contributed by atoms with van der Waals surface area (Å²) in [5, 5.41) is 9.30. The first-order chi connectivity index (χ1) is 22.2. The van der Waals surface area contributed by atoms with Crippen molar-refractivity contribution < 1.29 is 0 Å². The summed E-state index contributed by atoms with van der Waals surface area (Å²) in [4.78, 5) is 8.59. The molecule has 0 heterocycles. The molecule has 4 aromatic carbocycles. The maximum absolute atomic E-state index is 6.55. The van der Waals surface area contributed by atoms with Gasteiger partial charge in [-0.15, -0.1) is 0 Å². The van der Waals surface area contributed by atoms with Crippen molar-refractivity contribution >= 4 is 66.7 Å². The van der Waals surface area contributed by atoms with E-state index < -0.39 is 34.1 Å². The number of nitrogens with one attached hydrogen (secondary N) is 2. The minimum absolute atomic E-state index is 0.476. The van der Waals surface area contributed by atoms with Crippen LogP contribution in [0.3, 0.4) is 0 Å². The van der Waals surface area contributed by atoms with Crippen LogP contribution in [0.25, 0.3) is 0 Å². The third-order valence-corrected chi connectivity index (χ3v) is 22.2. The molecule has 240 valence electrons. The second kappa shape index (κ2) is 17.4. The average Bonchev–Trinajstić information content (AvgIpc) is 3.10. The summed E-state index contributed by atoms with van der Waals surface area (Å²) in [6, 6.07) is 48.8. The fraction of sp³-hybridized carbons (Fsp3) is 0.297. The van der Waals surface area contributed by atoms with Gasteiger partial charge in [-0.1, -0.05) is 187 Å². The molecule has 0 aliphatic carbocycles. The number of nitrogens with two attached hydrogens (primary N) is 1. The molecule has 46 heavy (non-hydrogen) atoms. The van der Waals surface area contributed by atoms with E-state index in [9.17, 15) is 0 Å². The standard InChI is InChI=1S/C37H51N5Si4/c1-6-27-39-37(42-44(3)29-31-46(5,34-23-15-9-16-24-34)35-25-17-10-18-26-35)40-36(38)41-43(2)28-30-45(4,32-19-11-7-12-20-32)33-21-13-8-14-22-33/h7-26H,6,27-31H2,1-5H3,(H4,38,39,40,41,42). The highest BCUT2D eigenvalue weighted by atomic mass is 28.3. The molecule has 0 aliphatic heterocycles. The Balaban J connectivity index is 1.40. The molecule has 0 fully saturated rings. The zero-order valence-electron chi connectivity index (χ0n) is 28.3. The van der Waals surface area contributed by atoms with Crippen LogP contribution in [0.4, 0.5) is 0 Å². The molecule has 0 aromatic heterocycles. The molecule has 0 spiro atoms. The quantitative estimate of drug-likeness (QED) is 0.0967. The lowest BCUT2D eigenvalue weighted by atomic mass is 10.4. The van der Waals surface area contributed by atoms with Crippen molar-refractivity contribution in [3.63, 3.8) is 0 Å². The molecule has 0 bridgehead atoms. The maximum Gasteiger partial charge on any atom is 0.197 e. The molecule has 4 aromatic rings. The number of rotatable bonds is 14. The Morgan fingerprint density at radius 1 is 0.652 bits per heavy atom. The van der Waals surface area contributed by atoms with Crippen molar-refractivity contribution in [3.05, 3.63) is 121 Å². The second-order valence-electron chi connectivity index (χ2n) is 12.6. The van der Waals surface area contributed by atoms with Crippen LogP contribution in [0.15, 0.2) is 131 Å². The summed E-state index contributed by atoms with van der Waals surface area (Å²) in [6.07, 6.45) is 0.980. The van der Waals surface area contributed by atoms with Crippen molar-refractivity contribution in [2.24, 2.45) is 15.4 Å². The Bertz CT molecular complexity index is 1440. The zero-order chi connectivity index (χ0) is 32.8. The molecule has 2 radical (unpaired) electrons. The molecule has 4 N–H and O–H groups in total. The van der Waals surface area contributed by atoms with E-state index >= 15 is 0 Å². The summed E-state index contributed by atoms with van der Waals surface area (Å²) >= 11 is 0. The SMILES string of the molecule is CCCN=C(N/C(N)=N/[Si](C)CC[Si](C)(c1ccccc1)c1ccccc1)N[Si](C)CC[Si](C)(c1ccccc1)c1ccccc1. The van der Waals surface area contributed by atoms with Gasteiger partial charge in [0.1, 0.15) is 16.1 Å². The molecular formula is C37H51N5Si4. The number of hydrogen-bond acceptors (Lipinski definition) is 2. The highest BCUT2D eigenvalue weighted by Crippen LogP contribution is 2.17. The van der Waals surface area contributed by atoms with Crippen molar-refractivity contribution in [1.82, 2.24) is 10.3 Å². The second-order valence-corrected chi connectivity index (χ2v) is 25.8. The predicted molar refractivity (Wildman–Crippen MR) is 210 cm³/mol. The zero-order valence-corrected chi connectivity index (χ0v) is 32.3. The lowest BCUT2D eigenvalue weighted by molar-refractivity contribution is 0.916. The first-order valence-electron chi connectivity index (χ1n) is 16.5. The molecule has 9 heteroatoms. The number of nitrogens with zero attached hydrogens (tertiary/aromatic N) is 2. The van der Waals surface area contributed by atoms with Crippen molar-refractivity contribution in [3.8, 4) is 0 Å².